The second kappa shape index (κ2) is 10.5. The molecule has 3 aliphatic rings. The molecule has 3 rings (SSSR count). The van der Waals surface area contributed by atoms with Crippen LogP contribution in [-0.4, -0.2) is 46.1 Å². The summed E-state index contributed by atoms with van der Waals surface area (Å²) in [5.74, 6) is -0.335. The van der Waals surface area contributed by atoms with Gasteiger partial charge in [-0.3, -0.25) is 0 Å². The molecule has 1 N–H and O–H groups in total. The van der Waals surface area contributed by atoms with Crippen molar-refractivity contribution in [3.05, 3.63) is 34.9 Å². The maximum absolute atomic E-state index is 13.1. The fourth-order valence-electron chi connectivity index (χ4n) is 5.83. The number of carboxylic acid groups (broad SMARTS) is 1. The molecule has 1 fully saturated rings. The quantitative estimate of drug-likeness (QED) is 0.411. The van der Waals surface area contributed by atoms with Crippen LogP contribution in [0.2, 0.25) is 0 Å². The fraction of sp³-hybridized carbons (Fsp3) is 0.643. The van der Waals surface area contributed by atoms with Gasteiger partial charge in [0.05, 0.1) is 24.3 Å². The fourth-order valence-corrected chi connectivity index (χ4v) is 6.38. The lowest BCUT2D eigenvalue weighted by molar-refractivity contribution is -0.0865. The first-order chi connectivity index (χ1) is 17.1. The van der Waals surface area contributed by atoms with Crippen LogP contribution >= 0.6 is 12.1 Å². The topological polar surface area (TPSA) is 118 Å². The molecule has 0 aromatic rings. The standard InChI is InChI=1S/C28H38N4O4S/c1-27(2,3)20-12-16(18-10-9-11-19-22(23(18)19)17(14-29)15-30)13-21(28(4,5)6)24(20)36-26(35)32(8)37-31(7)25(33)34/h9-11,16-17,19-21,24H,12-13H2,1-8H3,(H,33,34). The minimum Gasteiger partial charge on any atom is -0.464 e. The van der Waals surface area contributed by atoms with Crippen LogP contribution in [0, 0.1) is 63.1 Å². The van der Waals surface area contributed by atoms with Crippen LogP contribution < -0.4 is 0 Å². The Balaban J connectivity index is 1.93. The van der Waals surface area contributed by atoms with Crippen molar-refractivity contribution in [3.63, 3.8) is 0 Å². The van der Waals surface area contributed by atoms with Crippen molar-refractivity contribution in [1.29, 1.82) is 10.5 Å². The first-order valence-corrected chi connectivity index (χ1v) is 13.4. The molecule has 3 aliphatic carbocycles. The van der Waals surface area contributed by atoms with Crippen LogP contribution in [0.4, 0.5) is 9.59 Å². The summed E-state index contributed by atoms with van der Waals surface area (Å²) in [6.45, 7) is 13.0. The number of fused-ring (bicyclic) bond motifs is 1. The molecule has 3 unspecified atom stereocenters. The Bertz CT molecular complexity index is 1080. The van der Waals surface area contributed by atoms with E-state index in [4.69, 9.17) is 4.74 Å². The Labute approximate surface area is 224 Å². The van der Waals surface area contributed by atoms with Gasteiger partial charge in [0.2, 0.25) is 0 Å². The number of carbonyl (C=O) groups excluding carboxylic acids is 1. The zero-order valence-electron chi connectivity index (χ0n) is 23.0. The van der Waals surface area contributed by atoms with E-state index in [-0.39, 0.29) is 40.6 Å². The normalized spacial score (nSPS) is 27.0. The highest BCUT2D eigenvalue weighted by Crippen LogP contribution is 2.58. The monoisotopic (exact) mass is 526 g/mol. The molecule has 0 bridgehead atoms. The van der Waals surface area contributed by atoms with Crippen molar-refractivity contribution in [3.8, 4) is 12.1 Å². The van der Waals surface area contributed by atoms with Gasteiger partial charge in [0.1, 0.15) is 6.10 Å². The Hall–Kier alpha value is -2.91. The van der Waals surface area contributed by atoms with Crippen molar-refractivity contribution in [2.24, 2.45) is 40.4 Å². The van der Waals surface area contributed by atoms with Crippen molar-refractivity contribution in [2.45, 2.75) is 60.5 Å². The third-order valence-electron chi connectivity index (χ3n) is 7.88. The second-order valence-electron chi connectivity index (χ2n) is 12.4. The summed E-state index contributed by atoms with van der Waals surface area (Å²) in [6.07, 6.45) is 5.79. The summed E-state index contributed by atoms with van der Waals surface area (Å²) in [5.41, 5.74) is 2.96. The van der Waals surface area contributed by atoms with Crippen molar-refractivity contribution in [1.82, 2.24) is 8.61 Å². The third-order valence-corrected chi connectivity index (χ3v) is 8.67. The van der Waals surface area contributed by atoms with Crippen molar-refractivity contribution < 1.29 is 19.4 Å². The summed E-state index contributed by atoms with van der Waals surface area (Å²) < 4.78 is 8.36. The Kier molecular flexibility index (Phi) is 8.10. The highest BCUT2D eigenvalue weighted by atomic mass is 32.2. The number of carbonyl (C=O) groups is 2. The Morgan fingerprint density at radius 2 is 1.59 bits per heavy atom. The molecular weight excluding hydrogens is 488 g/mol. The highest BCUT2D eigenvalue weighted by molar-refractivity contribution is 7.95. The number of hydrogen-bond acceptors (Lipinski definition) is 6. The van der Waals surface area contributed by atoms with Crippen LogP contribution in [0.5, 0.6) is 0 Å². The van der Waals surface area contributed by atoms with Gasteiger partial charge in [-0.1, -0.05) is 59.8 Å². The predicted molar refractivity (Wildman–Crippen MR) is 142 cm³/mol. The van der Waals surface area contributed by atoms with E-state index in [1.165, 1.54) is 24.0 Å². The molecule has 1 saturated carbocycles. The van der Waals surface area contributed by atoms with Gasteiger partial charge in [-0.25, -0.2) is 18.2 Å². The number of ether oxygens (including phenoxy) is 1. The molecule has 0 aromatic heterocycles. The Morgan fingerprint density at radius 1 is 1.05 bits per heavy atom. The average molecular weight is 527 g/mol. The summed E-state index contributed by atoms with van der Waals surface area (Å²) in [4.78, 5) is 24.3. The molecule has 0 saturated heterocycles. The summed E-state index contributed by atoms with van der Waals surface area (Å²) >= 11 is 0.775. The molecule has 3 atom stereocenters. The number of nitriles is 2. The van der Waals surface area contributed by atoms with Gasteiger partial charge < -0.3 is 9.84 Å². The van der Waals surface area contributed by atoms with Gasteiger partial charge in [-0.15, -0.1) is 0 Å². The van der Waals surface area contributed by atoms with Crippen molar-refractivity contribution in [2.75, 3.05) is 14.1 Å². The van der Waals surface area contributed by atoms with E-state index < -0.39 is 18.1 Å². The highest BCUT2D eigenvalue weighted by Gasteiger charge is 2.52. The van der Waals surface area contributed by atoms with Gasteiger partial charge in [-0.05, 0) is 46.3 Å². The lowest BCUT2D eigenvalue weighted by Crippen LogP contribution is -2.51. The number of hydrogen-bond donors (Lipinski definition) is 1. The lowest BCUT2D eigenvalue weighted by atomic mass is 9.57. The molecule has 2 amide bonds. The SMILES string of the molecule is CN(SN(C)C(=O)OC1C(C(C)(C)C)CC(C2=CC=CC3C2=C3C(C#N)C#N)CC1C(C)(C)C)C(=O)O. The largest absolute Gasteiger partial charge is 0.464 e. The van der Waals surface area contributed by atoms with Crippen LogP contribution in [0.3, 0.4) is 0 Å². The molecule has 0 aromatic carbocycles. The van der Waals surface area contributed by atoms with Gasteiger partial charge >= 0.3 is 12.2 Å². The smallest absolute Gasteiger partial charge is 0.421 e. The van der Waals surface area contributed by atoms with E-state index in [1.54, 1.807) is 0 Å². The number of allylic oxidation sites excluding steroid dienone is 6. The minimum absolute atomic E-state index is 0.0471. The molecule has 9 heteroatoms. The summed E-state index contributed by atoms with van der Waals surface area (Å²) in [6, 6.07) is 4.27. The van der Waals surface area contributed by atoms with E-state index in [9.17, 15) is 25.2 Å². The molecule has 0 spiro atoms. The predicted octanol–water partition coefficient (Wildman–Crippen LogP) is 6.42. The van der Waals surface area contributed by atoms with Crippen LogP contribution in [0.15, 0.2) is 34.9 Å². The second-order valence-corrected chi connectivity index (χ2v) is 13.6. The van der Waals surface area contributed by atoms with Gasteiger partial charge in [0.15, 0.2) is 5.92 Å². The zero-order valence-corrected chi connectivity index (χ0v) is 23.8. The number of rotatable bonds is 5. The van der Waals surface area contributed by atoms with Gasteiger partial charge in [0, 0.05) is 31.8 Å². The van der Waals surface area contributed by atoms with Crippen LogP contribution in [0.1, 0.15) is 54.4 Å². The van der Waals surface area contributed by atoms with Gasteiger partial charge in [0.25, 0.3) is 0 Å². The molecule has 0 radical (unpaired) electrons. The van der Waals surface area contributed by atoms with E-state index in [2.05, 4.69) is 65.8 Å². The molecule has 0 heterocycles. The summed E-state index contributed by atoms with van der Waals surface area (Å²) in [5, 5.41) is 28.1. The summed E-state index contributed by atoms with van der Waals surface area (Å²) in [7, 11) is 2.89. The average Bonchev–Trinajstić information content (AvgIpc) is 3.52. The number of nitrogens with zero attached hydrogens (tertiary/aromatic N) is 4. The van der Waals surface area contributed by atoms with E-state index >= 15 is 0 Å². The lowest BCUT2D eigenvalue weighted by Gasteiger charge is -2.51. The van der Waals surface area contributed by atoms with E-state index in [0.717, 1.165) is 40.4 Å². The van der Waals surface area contributed by atoms with Gasteiger partial charge in [-0.2, -0.15) is 10.5 Å². The third kappa shape index (κ3) is 5.99. The maximum Gasteiger partial charge on any atom is 0.421 e. The first-order valence-electron chi connectivity index (χ1n) is 12.6. The molecule has 200 valence electrons. The zero-order chi connectivity index (χ0) is 27.9. The van der Waals surface area contributed by atoms with Crippen molar-refractivity contribution >= 4 is 24.3 Å². The maximum atomic E-state index is 13.1. The Morgan fingerprint density at radius 3 is 2.05 bits per heavy atom. The first kappa shape index (κ1) is 28.7. The van der Waals surface area contributed by atoms with E-state index in [1.807, 2.05) is 6.08 Å². The van der Waals surface area contributed by atoms with E-state index in [0.29, 0.717) is 0 Å². The van der Waals surface area contributed by atoms with Crippen LogP contribution in [0.25, 0.3) is 0 Å². The number of amides is 2. The minimum atomic E-state index is -1.15. The molecule has 8 nitrogen and oxygen atoms in total. The van der Waals surface area contributed by atoms with Crippen LogP contribution in [-0.2, 0) is 4.74 Å². The molecular formula is C28H38N4O4S. The molecule has 0 aliphatic heterocycles. The molecule has 37 heavy (non-hydrogen) atoms.